The average Bonchev–Trinajstić information content (AvgIpc) is 2.96. The van der Waals surface area contributed by atoms with Gasteiger partial charge in [0.2, 0.25) is 5.89 Å². The van der Waals surface area contributed by atoms with Gasteiger partial charge in [-0.25, -0.2) is 4.98 Å². The predicted molar refractivity (Wildman–Crippen MR) is 110 cm³/mol. The zero-order valence-corrected chi connectivity index (χ0v) is 16.9. The Balaban J connectivity index is 0.00000288. The van der Waals surface area contributed by atoms with Gasteiger partial charge in [0.25, 0.3) is 0 Å². The van der Waals surface area contributed by atoms with E-state index in [0.29, 0.717) is 24.3 Å². The van der Waals surface area contributed by atoms with Crippen LogP contribution in [0.25, 0.3) is 11.5 Å². The van der Waals surface area contributed by atoms with Crippen molar-refractivity contribution < 1.29 is 4.42 Å². The smallest absolute Gasteiger partial charge is 0.226 e. The highest BCUT2D eigenvalue weighted by atomic mass is 127. The van der Waals surface area contributed by atoms with Gasteiger partial charge in [0, 0.05) is 25.1 Å². The van der Waals surface area contributed by atoms with E-state index in [4.69, 9.17) is 10.2 Å². The lowest BCUT2D eigenvalue weighted by molar-refractivity contribution is 0.572. The normalized spacial score (nSPS) is 11.4. The summed E-state index contributed by atoms with van der Waals surface area (Å²) < 4.78 is 5.54. The average molecular weight is 442 g/mol. The fourth-order valence-corrected chi connectivity index (χ4v) is 2.07. The summed E-state index contributed by atoms with van der Waals surface area (Å²) in [5.74, 6) is 1.79. The molecule has 0 fully saturated rings. The van der Waals surface area contributed by atoms with Crippen molar-refractivity contribution >= 4 is 29.9 Å². The molecule has 0 aliphatic carbocycles. The molecule has 0 unspecified atom stereocenters. The van der Waals surface area contributed by atoms with Crippen LogP contribution < -0.4 is 11.1 Å². The lowest BCUT2D eigenvalue weighted by Gasteiger charge is -2.05. The van der Waals surface area contributed by atoms with E-state index in [1.807, 2.05) is 12.1 Å². The molecule has 132 valence electrons. The first-order valence-corrected chi connectivity index (χ1v) is 8.10. The van der Waals surface area contributed by atoms with Crippen molar-refractivity contribution in [1.29, 1.82) is 0 Å². The van der Waals surface area contributed by atoms with Crippen LogP contribution in [0.3, 0.4) is 0 Å². The number of aliphatic imine (C=N–C) groups is 1. The highest BCUT2D eigenvalue weighted by molar-refractivity contribution is 14.0. The molecule has 2 aromatic rings. The molecule has 0 radical (unpaired) electrons. The molecular weight excluding hydrogens is 415 g/mol. The van der Waals surface area contributed by atoms with Crippen molar-refractivity contribution in [3.63, 3.8) is 0 Å². The summed E-state index contributed by atoms with van der Waals surface area (Å²) >= 11 is 0. The molecule has 0 saturated heterocycles. The summed E-state index contributed by atoms with van der Waals surface area (Å²) in [7, 11) is 0. The molecule has 1 aromatic carbocycles. The van der Waals surface area contributed by atoms with Crippen LogP contribution in [0.5, 0.6) is 0 Å². The summed E-state index contributed by atoms with van der Waals surface area (Å²) in [6.45, 7) is 7.86. The van der Waals surface area contributed by atoms with E-state index >= 15 is 0 Å². The number of nitrogens with two attached hydrogens (primary N) is 1. The Labute approximate surface area is 161 Å². The lowest BCUT2D eigenvalue weighted by atomic mass is 10.1. The Bertz CT molecular complexity index is 635. The lowest BCUT2D eigenvalue weighted by Crippen LogP contribution is -2.33. The van der Waals surface area contributed by atoms with Crippen molar-refractivity contribution in [1.82, 2.24) is 10.3 Å². The number of hydrogen-bond donors (Lipinski definition) is 2. The molecule has 24 heavy (non-hydrogen) atoms. The van der Waals surface area contributed by atoms with E-state index < -0.39 is 0 Å². The van der Waals surface area contributed by atoms with Crippen LogP contribution in [0.1, 0.15) is 31.5 Å². The number of nitrogens with zero attached hydrogens (tertiary/aromatic N) is 2. The molecule has 0 saturated carbocycles. The maximum Gasteiger partial charge on any atom is 0.226 e. The summed E-state index contributed by atoms with van der Waals surface area (Å²) in [4.78, 5) is 8.80. The van der Waals surface area contributed by atoms with Crippen molar-refractivity contribution in [2.75, 3.05) is 13.1 Å². The summed E-state index contributed by atoms with van der Waals surface area (Å²) in [6.07, 6.45) is 3.49. The minimum atomic E-state index is 0. The molecule has 1 aromatic heterocycles. The highest BCUT2D eigenvalue weighted by Gasteiger charge is 2.06. The SMILES string of the molecule is Cc1ccc(-c2nc(CCNC(N)=NCCC(C)C)co2)cc1.I. The van der Waals surface area contributed by atoms with Gasteiger partial charge in [-0.3, -0.25) is 4.99 Å². The molecule has 1 heterocycles. The number of aromatic nitrogens is 1. The summed E-state index contributed by atoms with van der Waals surface area (Å²) in [5.41, 5.74) is 8.94. The highest BCUT2D eigenvalue weighted by Crippen LogP contribution is 2.19. The van der Waals surface area contributed by atoms with Gasteiger partial charge < -0.3 is 15.5 Å². The zero-order valence-electron chi connectivity index (χ0n) is 14.6. The van der Waals surface area contributed by atoms with Gasteiger partial charge in [0.1, 0.15) is 6.26 Å². The molecule has 3 N–H and O–H groups in total. The molecule has 0 atom stereocenters. The van der Waals surface area contributed by atoms with Gasteiger partial charge in [-0.05, 0) is 31.4 Å². The minimum Gasteiger partial charge on any atom is -0.444 e. The number of nitrogens with one attached hydrogen (secondary N) is 1. The van der Waals surface area contributed by atoms with Gasteiger partial charge in [-0.1, -0.05) is 31.5 Å². The van der Waals surface area contributed by atoms with Crippen molar-refractivity contribution in [2.24, 2.45) is 16.6 Å². The molecule has 0 bridgehead atoms. The quantitative estimate of drug-likeness (QED) is 0.389. The van der Waals surface area contributed by atoms with Gasteiger partial charge in [-0.2, -0.15) is 0 Å². The first-order valence-electron chi connectivity index (χ1n) is 8.10. The van der Waals surface area contributed by atoms with E-state index in [9.17, 15) is 0 Å². The van der Waals surface area contributed by atoms with E-state index in [-0.39, 0.29) is 24.0 Å². The molecule has 6 heteroatoms. The summed E-state index contributed by atoms with van der Waals surface area (Å²) in [6, 6.07) is 8.13. The largest absolute Gasteiger partial charge is 0.444 e. The molecule has 0 amide bonds. The van der Waals surface area contributed by atoms with Crippen LogP contribution >= 0.6 is 24.0 Å². The molecular formula is C18H27IN4O. The van der Waals surface area contributed by atoms with Crippen molar-refractivity contribution in [2.45, 2.75) is 33.6 Å². The van der Waals surface area contributed by atoms with Crippen LogP contribution in [0, 0.1) is 12.8 Å². The second kappa shape index (κ2) is 10.3. The fraction of sp³-hybridized carbons (Fsp3) is 0.444. The summed E-state index contributed by atoms with van der Waals surface area (Å²) in [5, 5.41) is 3.11. The van der Waals surface area contributed by atoms with E-state index in [0.717, 1.165) is 30.6 Å². The number of guanidine groups is 1. The molecule has 0 aliphatic rings. The number of rotatable bonds is 7. The number of oxazole rings is 1. The second-order valence-corrected chi connectivity index (χ2v) is 6.14. The second-order valence-electron chi connectivity index (χ2n) is 6.14. The van der Waals surface area contributed by atoms with Gasteiger partial charge in [0.05, 0.1) is 5.69 Å². The topological polar surface area (TPSA) is 76.4 Å². The van der Waals surface area contributed by atoms with Crippen LogP contribution in [0.15, 0.2) is 39.9 Å². The van der Waals surface area contributed by atoms with Gasteiger partial charge in [0.15, 0.2) is 5.96 Å². The number of benzene rings is 1. The fourth-order valence-electron chi connectivity index (χ4n) is 2.07. The number of halogens is 1. The van der Waals surface area contributed by atoms with Crippen LogP contribution in [0.4, 0.5) is 0 Å². The van der Waals surface area contributed by atoms with E-state index in [2.05, 4.69) is 48.2 Å². The Hall–Kier alpha value is -1.57. The third kappa shape index (κ3) is 6.90. The molecule has 2 rings (SSSR count). The minimum absolute atomic E-state index is 0. The van der Waals surface area contributed by atoms with Crippen LogP contribution in [-0.2, 0) is 6.42 Å². The van der Waals surface area contributed by atoms with Crippen molar-refractivity contribution in [3.05, 3.63) is 41.8 Å². The number of hydrogen-bond acceptors (Lipinski definition) is 3. The standard InChI is InChI=1S/C18H26N4O.HI/c1-13(2)8-10-20-18(19)21-11-9-16-12-23-17(22-16)15-6-4-14(3)5-7-15;/h4-7,12-13H,8-11H2,1-3H3,(H3,19,20,21);1H. The van der Waals surface area contributed by atoms with Gasteiger partial charge >= 0.3 is 0 Å². The number of aryl methyl sites for hydroxylation is 1. The Morgan fingerprint density at radius 3 is 2.67 bits per heavy atom. The molecule has 5 nitrogen and oxygen atoms in total. The first-order chi connectivity index (χ1) is 11.0. The van der Waals surface area contributed by atoms with Crippen LogP contribution in [-0.4, -0.2) is 24.0 Å². The van der Waals surface area contributed by atoms with E-state index in [1.165, 1.54) is 5.56 Å². The van der Waals surface area contributed by atoms with Crippen LogP contribution in [0.2, 0.25) is 0 Å². The molecule has 0 spiro atoms. The third-order valence-corrected chi connectivity index (χ3v) is 3.53. The Kier molecular flexibility index (Phi) is 8.81. The predicted octanol–water partition coefficient (Wildman–Crippen LogP) is 3.76. The maximum atomic E-state index is 5.83. The zero-order chi connectivity index (χ0) is 16.7. The van der Waals surface area contributed by atoms with Gasteiger partial charge in [-0.15, -0.1) is 24.0 Å². The molecule has 0 aliphatic heterocycles. The van der Waals surface area contributed by atoms with Crippen molar-refractivity contribution in [3.8, 4) is 11.5 Å². The van der Waals surface area contributed by atoms with E-state index in [1.54, 1.807) is 6.26 Å². The monoisotopic (exact) mass is 442 g/mol. The first kappa shape index (κ1) is 20.5. The Morgan fingerprint density at radius 2 is 2.00 bits per heavy atom. The Morgan fingerprint density at radius 1 is 1.29 bits per heavy atom. The third-order valence-electron chi connectivity index (χ3n) is 3.53. The maximum absolute atomic E-state index is 5.83.